The third kappa shape index (κ3) is 2.51. The van der Waals surface area contributed by atoms with Crippen LogP contribution in [0.15, 0.2) is 54.7 Å². The Kier molecular flexibility index (Phi) is 3.59. The quantitative estimate of drug-likeness (QED) is 0.771. The van der Waals surface area contributed by atoms with E-state index in [2.05, 4.69) is 34.3 Å². The fourth-order valence-electron chi connectivity index (χ4n) is 4.21. The molecular formula is C21H21N3O2. The summed E-state index contributed by atoms with van der Waals surface area (Å²) < 4.78 is 5.52. The zero-order chi connectivity index (χ0) is 17.5. The molecule has 2 aromatic carbocycles. The number of aromatic amines is 1. The van der Waals surface area contributed by atoms with E-state index in [4.69, 9.17) is 4.74 Å². The van der Waals surface area contributed by atoms with Crippen LogP contribution in [-0.4, -0.2) is 41.7 Å². The summed E-state index contributed by atoms with van der Waals surface area (Å²) in [6, 6.07) is 16.5. The summed E-state index contributed by atoms with van der Waals surface area (Å²) in [4.78, 5) is 20.2. The molecule has 5 heteroatoms. The molecular weight excluding hydrogens is 326 g/mol. The number of nitrogens with one attached hydrogen (secondary N) is 1. The second-order valence-electron chi connectivity index (χ2n) is 7.05. The Labute approximate surface area is 152 Å². The van der Waals surface area contributed by atoms with Crippen LogP contribution in [0.3, 0.4) is 0 Å². The summed E-state index contributed by atoms with van der Waals surface area (Å²) >= 11 is 0. The minimum absolute atomic E-state index is 0.216. The zero-order valence-electron chi connectivity index (χ0n) is 14.5. The third-order valence-corrected chi connectivity index (χ3v) is 5.48. The molecule has 132 valence electrons. The first-order chi connectivity index (χ1) is 12.8. The first-order valence-corrected chi connectivity index (χ1v) is 9.11. The Morgan fingerprint density at radius 3 is 2.88 bits per heavy atom. The van der Waals surface area contributed by atoms with Gasteiger partial charge in [-0.3, -0.25) is 0 Å². The Balaban J connectivity index is 1.30. The number of H-pyrrole nitrogens is 1. The molecule has 2 aliphatic heterocycles. The lowest BCUT2D eigenvalue weighted by molar-refractivity contribution is 0.0888. The number of aromatic nitrogens is 1. The molecule has 1 aromatic heterocycles. The van der Waals surface area contributed by atoms with Gasteiger partial charge in [0.2, 0.25) is 0 Å². The van der Waals surface area contributed by atoms with Gasteiger partial charge >= 0.3 is 6.09 Å². The second-order valence-corrected chi connectivity index (χ2v) is 7.05. The van der Waals surface area contributed by atoms with E-state index in [-0.39, 0.29) is 6.09 Å². The number of hydrogen-bond donors (Lipinski definition) is 1. The summed E-state index contributed by atoms with van der Waals surface area (Å²) in [5, 5.41) is 1.34. The molecule has 2 aliphatic rings. The van der Waals surface area contributed by atoms with Gasteiger partial charge in [-0.05, 0) is 29.7 Å². The van der Waals surface area contributed by atoms with Crippen LogP contribution in [0.4, 0.5) is 10.5 Å². The molecule has 5 nitrogen and oxygen atoms in total. The van der Waals surface area contributed by atoms with E-state index in [9.17, 15) is 4.79 Å². The maximum atomic E-state index is 12.5. The summed E-state index contributed by atoms with van der Waals surface area (Å²) in [6.07, 6.45) is 2.85. The number of benzene rings is 2. The third-order valence-electron chi connectivity index (χ3n) is 5.48. The predicted molar refractivity (Wildman–Crippen MR) is 101 cm³/mol. The minimum Gasteiger partial charge on any atom is -0.445 e. The number of piperazine rings is 1. The van der Waals surface area contributed by atoms with Gasteiger partial charge < -0.3 is 19.5 Å². The van der Waals surface area contributed by atoms with Crippen LogP contribution in [-0.2, 0) is 17.8 Å². The van der Waals surface area contributed by atoms with E-state index in [1.165, 1.54) is 22.2 Å². The molecule has 0 radical (unpaired) electrons. The number of amides is 1. The van der Waals surface area contributed by atoms with Crippen LogP contribution >= 0.6 is 0 Å². The molecule has 0 bridgehead atoms. The zero-order valence-corrected chi connectivity index (χ0v) is 14.5. The van der Waals surface area contributed by atoms with Gasteiger partial charge in [0.25, 0.3) is 0 Å². The standard InChI is InChI=1S/C21H21N3O2/c25-21(26-14-15-5-2-1-3-6-15)23-9-10-24-17(13-23)11-16-12-22-18-7-4-8-19(24)20(16)18/h1-8,12,17,22H,9-11,13-14H2. The summed E-state index contributed by atoms with van der Waals surface area (Å²) in [6.45, 7) is 2.57. The highest BCUT2D eigenvalue weighted by molar-refractivity contribution is 5.97. The highest BCUT2D eigenvalue weighted by Crippen LogP contribution is 2.37. The molecule has 0 saturated carbocycles. The lowest BCUT2D eigenvalue weighted by atomic mass is 9.94. The van der Waals surface area contributed by atoms with E-state index in [0.29, 0.717) is 25.7 Å². The Morgan fingerprint density at radius 1 is 1.12 bits per heavy atom. The second kappa shape index (κ2) is 6.09. The van der Waals surface area contributed by atoms with Crippen LogP contribution in [0.5, 0.6) is 0 Å². The number of carbonyl (C=O) groups is 1. The van der Waals surface area contributed by atoms with E-state index in [1.807, 2.05) is 35.2 Å². The Morgan fingerprint density at radius 2 is 2.00 bits per heavy atom. The lowest BCUT2D eigenvalue weighted by Crippen LogP contribution is -2.56. The number of fused-ring (bicyclic) bond motifs is 2. The highest BCUT2D eigenvalue weighted by atomic mass is 16.6. The fraction of sp³-hybridized carbons (Fsp3) is 0.286. The number of ether oxygens (including phenoxy) is 1. The smallest absolute Gasteiger partial charge is 0.410 e. The van der Waals surface area contributed by atoms with Crippen LogP contribution in [0, 0.1) is 0 Å². The van der Waals surface area contributed by atoms with Crippen molar-refractivity contribution in [1.29, 1.82) is 0 Å². The van der Waals surface area contributed by atoms with Crippen molar-refractivity contribution in [3.63, 3.8) is 0 Å². The van der Waals surface area contributed by atoms with Crippen LogP contribution in [0.2, 0.25) is 0 Å². The van der Waals surface area contributed by atoms with Crippen molar-refractivity contribution in [3.05, 3.63) is 65.9 Å². The maximum Gasteiger partial charge on any atom is 0.410 e. The Hall–Kier alpha value is -2.95. The summed E-state index contributed by atoms with van der Waals surface area (Å²) in [5.41, 5.74) is 4.84. The molecule has 1 fully saturated rings. The van der Waals surface area contributed by atoms with Crippen LogP contribution < -0.4 is 4.90 Å². The lowest BCUT2D eigenvalue weighted by Gasteiger charge is -2.44. The van der Waals surface area contributed by atoms with E-state index >= 15 is 0 Å². The van der Waals surface area contributed by atoms with Crippen molar-refractivity contribution in [2.45, 2.75) is 19.1 Å². The first kappa shape index (κ1) is 15.3. The van der Waals surface area contributed by atoms with Gasteiger partial charge in [0.15, 0.2) is 0 Å². The highest BCUT2D eigenvalue weighted by Gasteiger charge is 2.35. The molecule has 5 rings (SSSR count). The topological polar surface area (TPSA) is 48.6 Å². The maximum absolute atomic E-state index is 12.5. The van der Waals surface area contributed by atoms with Crippen molar-refractivity contribution >= 4 is 22.7 Å². The first-order valence-electron chi connectivity index (χ1n) is 9.11. The molecule has 0 spiro atoms. The molecule has 1 amide bonds. The van der Waals surface area contributed by atoms with Crippen molar-refractivity contribution < 1.29 is 9.53 Å². The number of hydrogen-bond acceptors (Lipinski definition) is 3. The van der Waals surface area contributed by atoms with Gasteiger partial charge in [-0.15, -0.1) is 0 Å². The molecule has 0 aliphatic carbocycles. The predicted octanol–water partition coefficient (Wildman–Crippen LogP) is 3.55. The van der Waals surface area contributed by atoms with E-state index in [1.54, 1.807) is 0 Å². The van der Waals surface area contributed by atoms with Gasteiger partial charge in [0.05, 0.1) is 6.04 Å². The fourth-order valence-corrected chi connectivity index (χ4v) is 4.21. The van der Waals surface area contributed by atoms with Crippen LogP contribution in [0.25, 0.3) is 10.9 Å². The number of carbonyl (C=O) groups excluding carboxylic acids is 1. The van der Waals surface area contributed by atoms with Gasteiger partial charge in [-0.2, -0.15) is 0 Å². The number of nitrogens with zero attached hydrogens (tertiary/aromatic N) is 2. The minimum atomic E-state index is -0.216. The number of rotatable bonds is 2. The van der Waals surface area contributed by atoms with E-state index in [0.717, 1.165) is 18.5 Å². The summed E-state index contributed by atoms with van der Waals surface area (Å²) in [5.74, 6) is 0. The summed E-state index contributed by atoms with van der Waals surface area (Å²) in [7, 11) is 0. The molecule has 1 atom stereocenters. The molecule has 1 N–H and O–H groups in total. The van der Waals surface area contributed by atoms with Crippen molar-refractivity contribution in [3.8, 4) is 0 Å². The van der Waals surface area contributed by atoms with Crippen molar-refractivity contribution in [1.82, 2.24) is 9.88 Å². The average molecular weight is 347 g/mol. The number of anilines is 1. The van der Waals surface area contributed by atoms with Gasteiger partial charge in [0, 0.05) is 42.4 Å². The monoisotopic (exact) mass is 347 g/mol. The SMILES string of the molecule is O=C(OCc1ccccc1)N1CCN2c3cccc4[nH]cc(c34)CC2C1. The van der Waals surface area contributed by atoms with Gasteiger partial charge in [0.1, 0.15) is 6.61 Å². The average Bonchev–Trinajstić information content (AvgIpc) is 3.11. The van der Waals surface area contributed by atoms with Crippen LogP contribution in [0.1, 0.15) is 11.1 Å². The van der Waals surface area contributed by atoms with Crippen molar-refractivity contribution in [2.75, 3.05) is 24.5 Å². The molecule has 3 heterocycles. The van der Waals surface area contributed by atoms with E-state index < -0.39 is 0 Å². The molecule has 3 aromatic rings. The van der Waals surface area contributed by atoms with Crippen molar-refractivity contribution in [2.24, 2.45) is 0 Å². The molecule has 1 unspecified atom stereocenters. The van der Waals surface area contributed by atoms with Gasteiger partial charge in [-0.1, -0.05) is 36.4 Å². The normalized spacial score (nSPS) is 18.7. The molecule has 26 heavy (non-hydrogen) atoms. The Bertz CT molecular complexity index is 950. The molecule has 1 saturated heterocycles. The largest absolute Gasteiger partial charge is 0.445 e. The van der Waals surface area contributed by atoms with Gasteiger partial charge in [-0.25, -0.2) is 4.79 Å².